The van der Waals surface area contributed by atoms with E-state index < -0.39 is 0 Å². The van der Waals surface area contributed by atoms with Gasteiger partial charge in [-0.05, 0) is 0 Å². The van der Waals surface area contributed by atoms with E-state index in [-0.39, 0.29) is 0 Å². The summed E-state index contributed by atoms with van der Waals surface area (Å²) in [5.41, 5.74) is 4.62. The molecule has 0 amide bonds. The molecule has 0 atom stereocenters. The molecule has 0 bridgehead atoms. The molecule has 3 N–H and O–H groups in total. The van der Waals surface area contributed by atoms with Crippen LogP contribution in [0.15, 0.2) is 18.5 Å². The summed E-state index contributed by atoms with van der Waals surface area (Å²) in [5.74, 6) is 4.73. The van der Waals surface area contributed by atoms with Crippen LogP contribution in [0.25, 0.3) is 0 Å². The highest BCUT2D eigenvalue weighted by atomic mass is 15.2. The number of hydrogen-bond acceptors (Lipinski definition) is 2. The minimum absolute atomic E-state index is 1.42. The van der Waals surface area contributed by atoms with Gasteiger partial charge in [-0.1, -0.05) is 6.58 Å². The van der Waals surface area contributed by atoms with Gasteiger partial charge in [0.1, 0.15) is 0 Å². The first-order valence-corrected chi connectivity index (χ1v) is 1.22. The highest BCUT2D eigenvalue weighted by Gasteiger charge is 1.39. The zero-order valence-corrected chi connectivity index (χ0v) is 2.86. The molecule has 0 fully saturated rings. The Morgan fingerprint density at radius 2 is 2.60 bits per heavy atom. The Morgan fingerprint density at radius 3 is 2.60 bits per heavy atom. The van der Waals surface area contributed by atoms with Gasteiger partial charge in [-0.25, -0.2) is 0 Å². The molecule has 0 aliphatic carbocycles. The van der Waals surface area contributed by atoms with Crippen LogP contribution in [0.2, 0.25) is 0 Å². The second kappa shape index (κ2) is 3.28. The van der Waals surface area contributed by atoms with Crippen LogP contribution >= 0.6 is 0 Å². The fourth-order valence-electron chi connectivity index (χ4n) is 0.0589. The maximum atomic E-state index is 4.73. The summed E-state index contributed by atoms with van der Waals surface area (Å²) in [6, 6.07) is 0. The lowest BCUT2D eigenvalue weighted by molar-refractivity contribution is 0.970. The van der Waals surface area contributed by atoms with Crippen LogP contribution in [0.5, 0.6) is 0 Å². The molecule has 0 spiro atoms. The maximum Gasteiger partial charge on any atom is 0.0535 e. The molecule has 0 radical (unpaired) electrons. The quantitative estimate of drug-likeness (QED) is 0.253. The maximum absolute atomic E-state index is 4.73. The zero-order chi connectivity index (χ0) is 4.12. The molecule has 2 nitrogen and oxygen atoms in total. The number of nitrogens with two attached hydrogens (primary N) is 1. The summed E-state index contributed by atoms with van der Waals surface area (Å²) in [4.78, 5) is 0. The molecule has 0 heterocycles. The monoisotopic (exact) mass is 70.1 g/mol. The summed E-state index contributed by atoms with van der Waals surface area (Å²) in [6.45, 7) is 3.23. The van der Waals surface area contributed by atoms with Gasteiger partial charge in [-0.15, -0.1) is 5.73 Å². The summed E-state index contributed by atoms with van der Waals surface area (Å²) in [5, 5.41) is 0. The molecule has 0 saturated carbocycles. The van der Waals surface area contributed by atoms with E-state index in [1.807, 2.05) is 0 Å². The first-order valence-electron chi connectivity index (χ1n) is 1.22. The van der Waals surface area contributed by atoms with Gasteiger partial charge in [0.05, 0.1) is 6.20 Å². The van der Waals surface area contributed by atoms with Crippen LogP contribution in [0.3, 0.4) is 0 Å². The van der Waals surface area contributed by atoms with Gasteiger partial charge in [0.25, 0.3) is 0 Å². The van der Waals surface area contributed by atoms with E-state index in [0.717, 1.165) is 0 Å². The van der Waals surface area contributed by atoms with Crippen LogP contribution in [0.1, 0.15) is 0 Å². The smallest absolute Gasteiger partial charge is 0.0535 e. The van der Waals surface area contributed by atoms with E-state index in [1.165, 1.54) is 6.20 Å². The first kappa shape index (κ1) is 4.28. The molecule has 0 saturated heterocycles. The van der Waals surface area contributed by atoms with Crippen molar-refractivity contribution in [1.29, 1.82) is 0 Å². The molecule has 28 valence electrons. The standard InChI is InChI=1S/C3H6N2/c1-2-3-5-4/h3,5H,1,4H2. The van der Waals surface area contributed by atoms with Crippen LogP contribution < -0.4 is 11.3 Å². The summed E-state index contributed by atoms with van der Waals surface area (Å²) >= 11 is 0. The summed E-state index contributed by atoms with van der Waals surface area (Å²) < 4.78 is 0. The van der Waals surface area contributed by atoms with Crippen molar-refractivity contribution < 1.29 is 0 Å². The third-order valence-electron chi connectivity index (χ3n) is 0.185. The van der Waals surface area contributed by atoms with Gasteiger partial charge >= 0.3 is 0 Å². The second-order valence-corrected chi connectivity index (χ2v) is 0.515. The highest BCUT2D eigenvalue weighted by Crippen LogP contribution is 1.38. The van der Waals surface area contributed by atoms with Gasteiger partial charge in [0.15, 0.2) is 0 Å². The molecule has 0 rings (SSSR count). The Bertz CT molecular complexity index is 51.9. The fraction of sp³-hybridized carbons (Fsp3) is 0. The van der Waals surface area contributed by atoms with Crippen molar-refractivity contribution in [3.05, 3.63) is 18.5 Å². The molecule has 0 aliphatic heterocycles. The van der Waals surface area contributed by atoms with E-state index in [4.69, 9.17) is 5.84 Å². The van der Waals surface area contributed by atoms with E-state index in [9.17, 15) is 0 Å². The first-order chi connectivity index (χ1) is 2.41. The van der Waals surface area contributed by atoms with Crippen molar-refractivity contribution in [2.24, 2.45) is 5.84 Å². The predicted octanol–water partition coefficient (Wildman–Crippen LogP) is -0.252. The van der Waals surface area contributed by atoms with Gasteiger partial charge in [-0.2, -0.15) is 0 Å². The number of hydrogen-bond donors (Lipinski definition) is 2. The van der Waals surface area contributed by atoms with Gasteiger partial charge in [0.2, 0.25) is 0 Å². The van der Waals surface area contributed by atoms with Crippen molar-refractivity contribution in [3.63, 3.8) is 0 Å². The molecule has 5 heavy (non-hydrogen) atoms. The average molecular weight is 70.1 g/mol. The average Bonchev–Trinajstić information content (AvgIpc) is 1.41. The van der Waals surface area contributed by atoms with Crippen molar-refractivity contribution in [2.45, 2.75) is 0 Å². The summed E-state index contributed by atoms with van der Waals surface area (Å²) in [7, 11) is 0. The van der Waals surface area contributed by atoms with Gasteiger partial charge < -0.3 is 5.43 Å². The lowest BCUT2D eigenvalue weighted by Crippen LogP contribution is -2.11. The van der Waals surface area contributed by atoms with E-state index >= 15 is 0 Å². The Kier molecular flexibility index (Phi) is 2.81. The number of nitrogens with one attached hydrogen (secondary N) is 1. The van der Waals surface area contributed by atoms with Crippen LogP contribution in [-0.4, -0.2) is 0 Å². The minimum atomic E-state index is 1.42. The van der Waals surface area contributed by atoms with Gasteiger partial charge in [0, 0.05) is 0 Å². The fourth-order valence-corrected chi connectivity index (χ4v) is 0.0589. The van der Waals surface area contributed by atoms with Crippen LogP contribution in [0.4, 0.5) is 0 Å². The Balaban J connectivity index is 2.93. The molecule has 0 aromatic heterocycles. The van der Waals surface area contributed by atoms with Crippen molar-refractivity contribution in [1.82, 2.24) is 5.43 Å². The van der Waals surface area contributed by atoms with Crippen molar-refractivity contribution in [2.75, 3.05) is 0 Å². The third kappa shape index (κ3) is 3.28. The third-order valence-corrected chi connectivity index (χ3v) is 0.185. The van der Waals surface area contributed by atoms with Crippen LogP contribution in [-0.2, 0) is 0 Å². The molecule has 0 aliphatic rings. The number of rotatable bonds is 1. The number of hydrazine groups is 1. The molecule has 0 aromatic carbocycles. The molecule has 2 heteroatoms. The SMILES string of the molecule is C=C=CNN. The second-order valence-electron chi connectivity index (χ2n) is 0.515. The van der Waals surface area contributed by atoms with Crippen LogP contribution in [0, 0.1) is 0 Å². The van der Waals surface area contributed by atoms with Crippen molar-refractivity contribution in [3.8, 4) is 0 Å². The predicted molar refractivity (Wildman–Crippen MR) is 21.0 cm³/mol. The van der Waals surface area contributed by atoms with E-state index in [0.29, 0.717) is 0 Å². The summed E-state index contributed by atoms with van der Waals surface area (Å²) in [6.07, 6.45) is 1.42. The topological polar surface area (TPSA) is 38.0 Å². The Hall–Kier alpha value is -0.720. The molecular formula is C3H6N2. The highest BCUT2D eigenvalue weighted by molar-refractivity contribution is 4.68. The Labute approximate surface area is 30.9 Å². The molecular weight excluding hydrogens is 64.0 g/mol. The minimum Gasteiger partial charge on any atom is -0.324 e. The molecule has 0 unspecified atom stereocenters. The van der Waals surface area contributed by atoms with E-state index in [1.54, 1.807) is 0 Å². The van der Waals surface area contributed by atoms with Gasteiger partial charge in [-0.3, -0.25) is 5.84 Å². The largest absolute Gasteiger partial charge is 0.324 e. The zero-order valence-electron chi connectivity index (χ0n) is 2.86. The van der Waals surface area contributed by atoms with Crippen molar-refractivity contribution >= 4 is 0 Å². The molecule has 0 aromatic rings. The lowest BCUT2D eigenvalue weighted by Gasteiger charge is -1.72. The van der Waals surface area contributed by atoms with E-state index in [2.05, 4.69) is 17.7 Å². The normalized spacial score (nSPS) is 5.00. The Morgan fingerprint density at radius 1 is 2.00 bits per heavy atom. The lowest BCUT2D eigenvalue weighted by atomic mass is 10.9.